The molecular formula is C14H20N6. The fourth-order valence-corrected chi connectivity index (χ4v) is 1.61. The quantitative estimate of drug-likeness (QED) is 0.837. The van der Waals surface area contributed by atoms with Crippen molar-refractivity contribution in [3.63, 3.8) is 0 Å². The standard InChI is InChI=1S/C14H20N6/c1-11-4-6-12(7-5-11)17-13-10-16-19-14(18-13)15-8-9-20(2)3/h4-7,10H,8-9H2,1-3H3,(H2,15,17,18,19). The molecule has 0 saturated carbocycles. The lowest BCUT2D eigenvalue weighted by molar-refractivity contribution is 0.425. The summed E-state index contributed by atoms with van der Waals surface area (Å²) in [5.41, 5.74) is 2.21. The van der Waals surface area contributed by atoms with Crippen molar-refractivity contribution in [2.45, 2.75) is 6.92 Å². The Morgan fingerprint density at radius 2 is 1.90 bits per heavy atom. The minimum Gasteiger partial charge on any atom is -0.352 e. The van der Waals surface area contributed by atoms with Crippen LogP contribution >= 0.6 is 0 Å². The Hall–Kier alpha value is -2.21. The highest BCUT2D eigenvalue weighted by atomic mass is 15.3. The van der Waals surface area contributed by atoms with Crippen LogP contribution in [0.4, 0.5) is 17.5 Å². The maximum atomic E-state index is 4.37. The second-order valence-electron chi connectivity index (χ2n) is 4.89. The average molecular weight is 272 g/mol. The van der Waals surface area contributed by atoms with E-state index in [-0.39, 0.29) is 0 Å². The number of nitrogens with one attached hydrogen (secondary N) is 2. The summed E-state index contributed by atoms with van der Waals surface area (Å²) in [5.74, 6) is 1.21. The van der Waals surface area contributed by atoms with Gasteiger partial charge in [0, 0.05) is 18.8 Å². The van der Waals surface area contributed by atoms with Crippen LogP contribution in [0.3, 0.4) is 0 Å². The molecule has 0 aliphatic heterocycles. The monoisotopic (exact) mass is 272 g/mol. The van der Waals surface area contributed by atoms with Crippen molar-refractivity contribution < 1.29 is 0 Å². The molecule has 20 heavy (non-hydrogen) atoms. The molecule has 0 radical (unpaired) electrons. The van der Waals surface area contributed by atoms with E-state index in [4.69, 9.17) is 0 Å². The van der Waals surface area contributed by atoms with E-state index in [2.05, 4.69) is 37.6 Å². The van der Waals surface area contributed by atoms with E-state index in [1.807, 2.05) is 38.4 Å². The maximum Gasteiger partial charge on any atom is 0.244 e. The van der Waals surface area contributed by atoms with E-state index in [0.717, 1.165) is 18.8 Å². The third-order valence-corrected chi connectivity index (χ3v) is 2.72. The molecule has 6 heteroatoms. The van der Waals surface area contributed by atoms with Gasteiger partial charge >= 0.3 is 0 Å². The molecule has 2 N–H and O–H groups in total. The van der Waals surface area contributed by atoms with Crippen LogP contribution in [0.1, 0.15) is 5.56 Å². The Bertz CT molecular complexity index is 538. The Kier molecular flexibility index (Phi) is 4.84. The summed E-state index contributed by atoms with van der Waals surface area (Å²) in [6.07, 6.45) is 1.61. The first-order valence-corrected chi connectivity index (χ1v) is 6.55. The number of nitrogens with zero attached hydrogens (tertiary/aromatic N) is 4. The lowest BCUT2D eigenvalue weighted by atomic mass is 10.2. The van der Waals surface area contributed by atoms with E-state index in [1.165, 1.54) is 5.56 Å². The summed E-state index contributed by atoms with van der Waals surface area (Å²) in [5, 5.41) is 14.3. The van der Waals surface area contributed by atoms with Crippen LogP contribution in [-0.2, 0) is 0 Å². The number of hydrogen-bond donors (Lipinski definition) is 2. The van der Waals surface area contributed by atoms with E-state index in [0.29, 0.717) is 11.8 Å². The number of anilines is 3. The zero-order valence-electron chi connectivity index (χ0n) is 12.1. The molecule has 0 amide bonds. The second-order valence-corrected chi connectivity index (χ2v) is 4.89. The highest BCUT2D eigenvalue weighted by molar-refractivity contribution is 5.56. The normalized spacial score (nSPS) is 10.6. The number of likely N-dealkylation sites (N-methyl/N-ethyl adjacent to an activating group) is 1. The van der Waals surface area contributed by atoms with Gasteiger partial charge in [-0.25, -0.2) is 0 Å². The Morgan fingerprint density at radius 3 is 2.60 bits per heavy atom. The van der Waals surface area contributed by atoms with Crippen molar-refractivity contribution in [3.8, 4) is 0 Å². The molecule has 0 aliphatic carbocycles. The summed E-state index contributed by atoms with van der Waals surface area (Å²) in [4.78, 5) is 6.47. The van der Waals surface area contributed by atoms with E-state index >= 15 is 0 Å². The van der Waals surface area contributed by atoms with Gasteiger partial charge in [0.1, 0.15) is 0 Å². The van der Waals surface area contributed by atoms with E-state index in [1.54, 1.807) is 6.20 Å². The van der Waals surface area contributed by atoms with Crippen LogP contribution in [0, 0.1) is 6.92 Å². The molecule has 0 fully saturated rings. The van der Waals surface area contributed by atoms with Crippen LogP contribution in [0.2, 0.25) is 0 Å². The summed E-state index contributed by atoms with van der Waals surface area (Å²) in [6, 6.07) is 8.12. The lowest BCUT2D eigenvalue weighted by Gasteiger charge is -2.10. The van der Waals surface area contributed by atoms with Crippen LogP contribution in [0.25, 0.3) is 0 Å². The lowest BCUT2D eigenvalue weighted by Crippen LogP contribution is -2.21. The Balaban J connectivity index is 1.96. The molecule has 6 nitrogen and oxygen atoms in total. The molecule has 1 aromatic carbocycles. The third kappa shape index (κ3) is 4.47. The van der Waals surface area contributed by atoms with Crippen LogP contribution < -0.4 is 10.6 Å². The predicted octanol–water partition coefficient (Wildman–Crippen LogP) is 1.90. The summed E-state index contributed by atoms with van der Waals surface area (Å²) in [7, 11) is 4.05. The summed E-state index contributed by atoms with van der Waals surface area (Å²) >= 11 is 0. The number of aromatic nitrogens is 3. The van der Waals surface area contributed by atoms with Crippen LogP contribution in [0.15, 0.2) is 30.5 Å². The fraction of sp³-hybridized carbons (Fsp3) is 0.357. The van der Waals surface area contributed by atoms with Crippen LogP contribution in [0.5, 0.6) is 0 Å². The zero-order chi connectivity index (χ0) is 14.4. The molecule has 0 saturated heterocycles. The van der Waals surface area contributed by atoms with Gasteiger partial charge in [0.2, 0.25) is 5.95 Å². The number of hydrogen-bond acceptors (Lipinski definition) is 6. The van der Waals surface area contributed by atoms with Gasteiger partial charge in [0.05, 0.1) is 6.20 Å². The van der Waals surface area contributed by atoms with Crippen molar-refractivity contribution in [1.29, 1.82) is 0 Å². The summed E-state index contributed by atoms with van der Waals surface area (Å²) < 4.78 is 0. The van der Waals surface area contributed by atoms with Crippen molar-refractivity contribution in [2.24, 2.45) is 0 Å². The van der Waals surface area contributed by atoms with Crippen LogP contribution in [-0.4, -0.2) is 47.3 Å². The highest BCUT2D eigenvalue weighted by Crippen LogP contribution is 2.14. The van der Waals surface area contributed by atoms with Crippen molar-refractivity contribution in [1.82, 2.24) is 20.1 Å². The molecule has 0 atom stereocenters. The first kappa shape index (κ1) is 14.2. The Labute approximate surface area is 119 Å². The maximum absolute atomic E-state index is 4.37. The number of benzene rings is 1. The zero-order valence-corrected chi connectivity index (χ0v) is 12.1. The topological polar surface area (TPSA) is 66.0 Å². The minimum atomic E-state index is 0.531. The van der Waals surface area contributed by atoms with Crippen molar-refractivity contribution in [2.75, 3.05) is 37.8 Å². The van der Waals surface area contributed by atoms with E-state index in [9.17, 15) is 0 Å². The largest absolute Gasteiger partial charge is 0.352 e. The number of aryl methyl sites for hydroxylation is 1. The van der Waals surface area contributed by atoms with Gasteiger partial charge in [-0.15, -0.1) is 5.10 Å². The SMILES string of the molecule is Cc1ccc(Nc2cnnc(NCCN(C)C)n2)cc1. The van der Waals surface area contributed by atoms with Crippen molar-refractivity contribution in [3.05, 3.63) is 36.0 Å². The van der Waals surface area contributed by atoms with Gasteiger partial charge < -0.3 is 15.5 Å². The van der Waals surface area contributed by atoms with Gasteiger partial charge in [-0.1, -0.05) is 17.7 Å². The smallest absolute Gasteiger partial charge is 0.244 e. The molecule has 1 aromatic heterocycles. The molecule has 0 bridgehead atoms. The molecule has 2 rings (SSSR count). The first-order chi connectivity index (χ1) is 9.63. The van der Waals surface area contributed by atoms with Gasteiger partial charge in [-0.05, 0) is 33.2 Å². The van der Waals surface area contributed by atoms with Gasteiger partial charge in [0.25, 0.3) is 0 Å². The molecule has 2 aromatic rings. The van der Waals surface area contributed by atoms with Gasteiger partial charge in [-0.3, -0.25) is 0 Å². The second kappa shape index (κ2) is 6.81. The molecule has 0 unspecified atom stereocenters. The number of rotatable bonds is 6. The molecule has 106 valence electrons. The highest BCUT2D eigenvalue weighted by Gasteiger charge is 2.01. The first-order valence-electron chi connectivity index (χ1n) is 6.55. The predicted molar refractivity (Wildman–Crippen MR) is 81.3 cm³/mol. The molecule has 0 spiro atoms. The minimum absolute atomic E-state index is 0.531. The van der Waals surface area contributed by atoms with Gasteiger partial charge in [-0.2, -0.15) is 10.1 Å². The molecular weight excluding hydrogens is 252 g/mol. The third-order valence-electron chi connectivity index (χ3n) is 2.72. The fourth-order valence-electron chi connectivity index (χ4n) is 1.61. The van der Waals surface area contributed by atoms with Gasteiger partial charge in [0.15, 0.2) is 5.82 Å². The van der Waals surface area contributed by atoms with Crippen molar-refractivity contribution >= 4 is 17.5 Å². The van der Waals surface area contributed by atoms with E-state index < -0.39 is 0 Å². The molecule has 1 heterocycles. The molecule has 0 aliphatic rings. The summed E-state index contributed by atoms with van der Waals surface area (Å²) in [6.45, 7) is 3.75. The average Bonchev–Trinajstić information content (AvgIpc) is 2.41. The Morgan fingerprint density at radius 1 is 1.15 bits per heavy atom.